The third-order valence-corrected chi connectivity index (χ3v) is 9.21. The number of benzene rings is 2. The van der Waals surface area contributed by atoms with Crippen LogP contribution in [0.3, 0.4) is 0 Å². The SMILES string of the molecule is CC(C)(C)CN1Cc2c(cc(Cl)c3[nH]ncc23)C[C@@H](CC(=O)N2CCC(c3cc4cccc(Cl)c4[nH]c3=O)CC2)C1=O. The van der Waals surface area contributed by atoms with E-state index < -0.39 is 5.92 Å². The van der Waals surface area contributed by atoms with Crippen LogP contribution >= 0.6 is 23.2 Å². The van der Waals surface area contributed by atoms with E-state index in [1.165, 1.54) is 0 Å². The lowest BCUT2D eigenvalue weighted by atomic mass is 9.88. The van der Waals surface area contributed by atoms with E-state index in [1.54, 1.807) is 12.3 Å². The Bertz CT molecular complexity index is 1750. The number of amides is 2. The molecule has 0 bridgehead atoms. The van der Waals surface area contributed by atoms with E-state index in [2.05, 4.69) is 36.0 Å². The third-order valence-electron chi connectivity index (χ3n) is 8.60. The number of H-pyrrole nitrogens is 2. The molecule has 2 aromatic heterocycles. The third kappa shape index (κ3) is 5.54. The van der Waals surface area contributed by atoms with E-state index in [9.17, 15) is 14.4 Å². The van der Waals surface area contributed by atoms with Crippen molar-refractivity contribution in [2.75, 3.05) is 19.6 Å². The Morgan fingerprint density at radius 3 is 2.57 bits per heavy atom. The van der Waals surface area contributed by atoms with Crippen molar-refractivity contribution >= 4 is 56.8 Å². The van der Waals surface area contributed by atoms with Gasteiger partial charge in [0.25, 0.3) is 5.56 Å². The summed E-state index contributed by atoms with van der Waals surface area (Å²) in [5.74, 6) is -0.458. The fourth-order valence-corrected chi connectivity index (χ4v) is 7.10. The Kier molecular flexibility index (Phi) is 7.56. The molecule has 1 atom stereocenters. The Morgan fingerprint density at radius 1 is 1.07 bits per heavy atom. The fraction of sp³-hybridized carbons (Fsp3) is 0.438. The normalized spacial score (nSPS) is 18.5. The minimum absolute atomic E-state index is 0.00140. The average molecular weight is 609 g/mol. The zero-order valence-electron chi connectivity index (χ0n) is 24.1. The lowest BCUT2D eigenvalue weighted by Crippen LogP contribution is -2.43. The molecule has 6 rings (SSSR count). The van der Waals surface area contributed by atoms with Gasteiger partial charge in [0.1, 0.15) is 0 Å². The van der Waals surface area contributed by atoms with Crippen molar-refractivity contribution in [2.24, 2.45) is 11.3 Å². The number of carbonyl (C=O) groups is 2. The number of hydrogen-bond donors (Lipinski definition) is 2. The van der Waals surface area contributed by atoms with Crippen LogP contribution in [0.1, 0.15) is 62.6 Å². The van der Waals surface area contributed by atoms with Gasteiger partial charge in [-0.3, -0.25) is 19.5 Å². The molecule has 1 fully saturated rings. The highest BCUT2D eigenvalue weighted by Crippen LogP contribution is 2.36. The van der Waals surface area contributed by atoms with Crippen LogP contribution < -0.4 is 5.56 Å². The van der Waals surface area contributed by atoms with E-state index in [1.807, 2.05) is 34.1 Å². The van der Waals surface area contributed by atoms with Crippen molar-refractivity contribution in [2.45, 2.75) is 58.9 Å². The van der Waals surface area contributed by atoms with Crippen LogP contribution in [0.5, 0.6) is 0 Å². The number of pyridine rings is 1. The number of piperidine rings is 1. The van der Waals surface area contributed by atoms with Gasteiger partial charge in [0.15, 0.2) is 0 Å². The second-order valence-corrected chi connectivity index (χ2v) is 13.7. The first-order valence-electron chi connectivity index (χ1n) is 14.5. The Morgan fingerprint density at radius 2 is 1.83 bits per heavy atom. The number of carbonyl (C=O) groups excluding carboxylic acids is 2. The highest BCUT2D eigenvalue weighted by Gasteiger charge is 2.36. The monoisotopic (exact) mass is 607 g/mol. The first-order chi connectivity index (χ1) is 20.0. The largest absolute Gasteiger partial charge is 0.343 e. The Balaban J connectivity index is 1.20. The van der Waals surface area contributed by atoms with Crippen LogP contribution in [-0.4, -0.2) is 56.4 Å². The maximum absolute atomic E-state index is 13.9. The van der Waals surface area contributed by atoms with Gasteiger partial charge in [-0.25, -0.2) is 0 Å². The lowest BCUT2D eigenvalue weighted by molar-refractivity contribution is -0.142. The minimum atomic E-state index is -0.479. The number of aromatic amines is 2. The van der Waals surface area contributed by atoms with Crippen LogP contribution in [0.25, 0.3) is 21.8 Å². The van der Waals surface area contributed by atoms with E-state index in [-0.39, 0.29) is 35.1 Å². The van der Waals surface area contributed by atoms with Crippen LogP contribution in [-0.2, 0) is 22.6 Å². The molecule has 8 nitrogen and oxygen atoms in total. The molecule has 42 heavy (non-hydrogen) atoms. The highest BCUT2D eigenvalue weighted by atomic mass is 35.5. The molecule has 0 unspecified atom stereocenters. The van der Waals surface area contributed by atoms with Crippen molar-refractivity contribution < 1.29 is 9.59 Å². The molecule has 0 aliphatic carbocycles. The standard InChI is InChI=1S/C32H35Cl2N5O3/c1-32(2,3)17-39-16-24-20(13-26(34)29-23(24)15-35-37-29)11-21(31(39)42)14-27(40)38-9-7-18(8-10-38)22-12-19-5-4-6-25(33)28(19)36-30(22)41/h4-6,12-13,15,18,21H,7-11,14,16-17H2,1-3H3,(H,35,37)(H,36,41)/t21-/m0/s1. The molecule has 10 heteroatoms. The molecule has 4 heterocycles. The van der Waals surface area contributed by atoms with Crippen molar-refractivity contribution in [1.82, 2.24) is 25.0 Å². The van der Waals surface area contributed by atoms with E-state index in [4.69, 9.17) is 23.2 Å². The second kappa shape index (κ2) is 11.0. The molecule has 0 spiro atoms. The predicted molar refractivity (Wildman–Crippen MR) is 166 cm³/mol. The van der Waals surface area contributed by atoms with Gasteiger partial charge in [0, 0.05) is 48.9 Å². The predicted octanol–water partition coefficient (Wildman–Crippen LogP) is 6.05. The highest BCUT2D eigenvalue weighted by molar-refractivity contribution is 6.35. The number of nitrogens with one attached hydrogen (secondary N) is 2. The molecule has 2 amide bonds. The van der Waals surface area contributed by atoms with Gasteiger partial charge in [-0.05, 0) is 59.9 Å². The maximum atomic E-state index is 13.9. The number of rotatable bonds is 4. The van der Waals surface area contributed by atoms with Gasteiger partial charge in [-0.2, -0.15) is 5.10 Å². The Hall–Kier alpha value is -3.36. The Labute approximate surface area is 254 Å². The van der Waals surface area contributed by atoms with Crippen molar-refractivity contribution in [3.05, 3.63) is 73.6 Å². The number of nitrogens with zero attached hydrogens (tertiary/aromatic N) is 3. The van der Waals surface area contributed by atoms with Gasteiger partial charge in [0.2, 0.25) is 11.8 Å². The molecule has 2 N–H and O–H groups in total. The van der Waals surface area contributed by atoms with E-state index in [0.29, 0.717) is 61.0 Å². The van der Waals surface area contributed by atoms with Gasteiger partial charge in [-0.1, -0.05) is 56.1 Å². The number of aromatic nitrogens is 3. The second-order valence-electron chi connectivity index (χ2n) is 12.9. The number of para-hydroxylation sites is 1. The summed E-state index contributed by atoms with van der Waals surface area (Å²) >= 11 is 12.8. The lowest BCUT2D eigenvalue weighted by Gasteiger charge is -2.34. The van der Waals surface area contributed by atoms with Crippen molar-refractivity contribution in [3.63, 3.8) is 0 Å². The number of halogens is 2. The van der Waals surface area contributed by atoms with Crippen molar-refractivity contribution in [3.8, 4) is 0 Å². The van der Waals surface area contributed by atoms with Gasteiger partial charge in [-0.15, -0.1) is 0 Å². The molecule has 2 aromatic carbocycles. The van der Waals surface area contributed by atoms with Crippen LogP contribution in [0.4, 0.5) is 0 Å². The molecule has 0 saturated carbocycles. The molecule has 0 radical (unpaired) electrons. The topological polar surface area (TPSA) is 102 Å². The number of likely N-dealkylation sites (tertiary alicyclic amines) is 1. The van der Waals surface area contributed by atoms with E-state index >= 15 is 0 Å². The summed E-state index contributed by atoms with van der Waals surface area (Å²) in [4.78, 5) is 47.1. The van der Waals surface area contributed by atoms with Gasteiger partial charge in [0.05, 0.1) is 33.2 Å². The summed E-state index contributed by atoms with van der Waals surface area (Å²) < 4.78 is 0. The summed E-state index contributed by atoms with van der Waals surface area (Å²) in [5.41, 5.74) is 3.93. The van der Waals surface area contributed by atoms with Crippen molar-refractivity contribution in [1.29, 1.82) is 0 Å². The average Bonchev–Trinajstić information content (AvgIpc) is 3.40. The molecular weight excluding hydrogens is 573 g/mol. The van der Waals surface area contributed by atoms with Crippen LogP contribution in [0.2, 0.25) is 10.0 Å². The summed E-state index contributed by atoms with van der Waals surface area (Å²) in [6.07, 6.45) is 3.73. The fourth-order valence-electron chi connectivity index (χ4n) is 6.59. The molecule has 2 aliphatic heterocycles. The summed E-state index contributed by atoms with van der Waals surface area (Å²) in [5, 5.41) is 10.1. The van der Waals surface area contributed by atoms with Crippen LogP contribution in [0, 0.1) is 11.3 Å². The van der Waals surface area contributed by atoms with Crippen LogP contribution in [0.15, 0.2) is 41.3 Å². The summed E-state index contributed by atoms with van der Waals surface area (Å²) in [6.45, 7) is 8.46. The number of hydrogen-bond acceptors (Lipinski definition) is 4. The van der Waals surface area contributed by atoms with E-state index in [0.717, 1.165) is 33.0 Å². The summed E-state index contributed by atoms with van der Waals surface area (Å²) in [7, 11) is 0. The molecular formula is C32H35Cl2N5O3. The first kappa shape index (κ1) is 28.7. The molecule has 1 saturated heterocycles. The van der Waals surface area contributed by atoms with Gasteiger partial charge < -0.3 is 14.8 Å². The zero-order chi connectivity index (χ0) is 29.8. The number of fused-ring (bicyclic) bond motifs is 4. The minimum Gasteiger partial charge on any atom is -0.343 e. The smallest absolute Gasteiger partial charge is 0.251 e. The first-order valence-corrected chi connectivity index (χ1v) is 15.3. The quantitative estimate of drug-likeness (QED) is 0.294. The molecule has 2 aliphatic rings. The maximum Gasteiger partial charge on any atom is 0.251 e. The molecule has 4 aromatic rings. The molecule has 220 valence electrons. The summed E-state index contributed by atoms with van der Waals surface area (Å²) in [6, 6.07) is 9.42. The van der Waals surface area contributed by atoms with Gasteiger partial charge >= 0.3 is 0 Å². The zero-order valence-corrected chi connectivity index (χ0v) is 25.6.